The average molecular weight is 629 g/mol. The number of nitrogens with one attached hydrogen (secondary N) is 1. The van der Waals surface area contributed by atoms with E-state index in [1.165, 1.54) is 31.2 Å². The van der Waals surface area contributed by atoms with Crippen molar-refractivity contribution < 1.29 is 26.4 Å². The molecule has 1 aliphatic heterocycles. The largest absolute Gasteiger partial charge is 0.416 e. The molecule has 0 spiro atoms. The summed E-state index contributed by atoms with van der Waals surface area (Å²) in [6.07, 6.45) is 7.70. The van der Waals surface area contributed by atoms with Crippen molar-refractivity contribution in [1.29, 1.82) is 0 Å². The van der Waals surface area contributed by atoms with Crippen molar-refractivity contribution in [3.05, 3.63) is 62.6 Å². The molecule has 41 heavy (non-hydrogen) atoms. The molecule has 0 aliphatic carbocycles. The Labute approximate surface area is 249 Å². The molecule has 1 atom stereocenters. The lowest BCUT2D eigenvalue weighted by Crippen LogP contribution is -2.48. The monoisotopic (exact) mass is 627 g/mol. The van der Waals surface area contributed by atoms with Gasteiger partial charge in [-0.2, -0.15) is 13.2 Å². The summed E-state index contributed by atoms with van der Waals surface area (Å²) in [6, 6.07) is 6.08. The summed E-state index contributed by atoms with van der Waals surface area (Å²) in [5.41, 5.74) is -1.24. The minimum Gasteiger partial charge on any atom is -0.348 e. The molecule has 3 rings (SSSR count). The van der Waals surface area contributed by atoms with E-state index in [1.54, 1.807) is 0 Å². The summed E-state index contributed by atoms with van der Waals surface area (Å²) in [4.78, 5) is 16.7. The van der Waals surface area contributed by atoms with Crippen LogP contribution < -0.4 is 5.32 Å². The van der Waals surface area contributed by atoms with E-state index in [9.17, 15) is 26.4 Å². The van der Waals surface area contributed by atoms with E-state index in [1.807, 2.05) is 9.80 Å². The van der Waals surface area contributed by atoms with Crippen molar-refractivity contribution in [3.8, 4) is 24.7 Å². The molecule has 1 amide bonds. The number of benzene rings is 2. The third kappa shape index (κ3) is 8.41. The van der Waals surface area contributed by atoms with Gasteiger partial charge in [0.15, 0.2) is 9.84 Å². The Hall–Kier alpha value is -2.73. The van der Waals surface area contributed by atoms with Gasteiger partial charge in [-0.05, 0) is 60.8 Å². The standard InChI is InChI=1S/C29H30Cl2F3N3O3S/c1-4-11-37(12-5-2)23-8-7-13-36(18-23)19-24-25(29(32,33)34)15-20(16-26(24)31)28(38)35-17-21-14-22(30)9-10-27(21)41(39,40)6-3/h1-2,9-10,14-16,23H,6-8,11-13,17-19H2,3H3,(H,35,38)/t23-/m0/s1. The molecular formula is C29H30Cl2F3N3O3S. The van der Waals surface area contributed by atoms with Crippen LogP contribution in [0, 0.1) is 24.7 Å². The molecule has 2 aromatic rings. The van der Waals surface area contributed by atoms with Gasteiger partial charge in [0, 0.05) is 41.3 Å². The fourth-order valence-electron chi connectivity index (χ4n) is 4.85. The van der Waals surface area contributed by atoms with Crippen LogP contribution >= 0.6 is 23.2 Å². The van der Waals surface area contributed by atoms with Crippen molar-refractivity contribution in [2.45, 2.75) is 50.0 Å². The SMILES string of the molecule is C#CCN(CC#C)[C@H]1CCCN(Cc2c(Cl)cc(C(=O)NCc3cc(Cl)ccc3S(=O)(=O)CC)cc2C(F)(F)F)C1. The summed E-state index contributed by atoms with van der Waals surface area (Å²) in [5.74, 6) is 4.13. The molecule has 12 heteroatoms. The van der Waals surface area contributed by atoms with Crippen LogP contribution in [-0.4, -0.2) is 62.1 Å². The number of alkyl halides is 3. The first-order valence-electron chi connectivity index (χ1n) is 12.8. The quantitative estimate of drug-likeness (QED) is 0.364. The Morgan fingerprint density at radius 3 is 2.46 bits per heavy atom. The summed E-state index contributed by atoms with van der Waals surface area (Å²) in [5, 5.41) is 2.54. The van der Waals surface area contributed by atoms with Crippen molar-refractivity contribution in [2.75, 3.05) is 31.9 Å². The molecule has 1 heterocycles. The topological polar surface area (TPSA) is 69.7 Å². The zero-order valence-electron chi connectivity index (χ0n) is 22.4. The normalized spacial score (nSPS) is 16.3. The van der Waals surface area contributed by atoms with Gasteiger partial charge in [0.1, 0.15) is 0 Å². The number of piperidine rings is 1. The number of amides is 1. The highest BCUT2D eigenvalue weighted by Crippen LogP contribution is 2.37. The maximum Gasteiger partial charge on any atom is 0.416 e. The third-order valence-corrected chi connectivity index (χ3v) is 9.31. The van der Waals surface area contributed by atoms with E-state index in [0.29, 0.717) is 26.2 Å². The van der Waals surface area contributed by atoms with E-state index in [2.05, 4.69) is 17.2 Å². The highest BCUT2D eigenvalue weighted by Gasteiger charge is 2.36. The van der Waals surface area contributed by atoms with Crippen LogP contribution in [0.15, 0.2) is 35.2 Å². The number of hydrogen-bond acceptors (Lipinski definition) is 5. The lowest BCUT2D eigenvalue weighted by molar-refractivity contribution is -0.138. The Morgan fingerprint density at radius 2 is 1.85 bits per heavy atom. The number of likely N-dealkylation sites (tertiary alicyclic amines) is 1. The highest BCUT2D eigenvalue weighted by atomic mass is 35.5. The number of rotatable bonds is 10. The van der Waals surface area contributed by atoms with Crippen LogP contribution in [0.25, 0.3) is 0 Å². The maximum atomic E-state index is 14.2. The second-order valence-corrected chi connectivity index (χ2v) is 12.8. The highest BCUT2D eigenvalue weighted by molar-refractivity contribution is 7.91. The van der Waals surface area contributed by atoms with Gasteiger partial charge in [0.05, 0.1) is 29.3 Å². The molecular weight excluding hydrogens is 598 g/mol. The van der Waals surface area contributed by atoms with Crippen LogP contribution in [0.1, 0.15) is 46.8 Å². The predicted molar refractivity (Wildman–Crippen MR) is 154 cm³/mol. The van der Waals surface area contributed by atoms with Crippen molar-refractivity contribution >= 4 is 38.9 Å². The van der Waals surface area contributed by atoms with Gasteiger partial charge in [-0.15, -0.1) is 12.8 Å². The minimum atomic E-state index is -4.78. The van der Waals surface area contributed by atoms with Crippen LogP contribution in [0.3, 0.4) is 0 Å². The molecule has 1 N–H and O–H groups in total. The molecule has 0 unspecified atom stereocenters. The minimum absolute atomic E-state index is 0.0121. The van der Waals surface area contributed by atoms with Crippen molar-refractivity contribution in [1.82, 2.24) is 15.1 Å². The van der Waals surface area contributed by atoms with Crippen molar-refractivity contribution in [3.63, 3.8) is 0 Å². The Kier molecular flexibility index (Phi) is 11.2. The zero-order chi connectivity index (χ0) is 30.4. The average Bonchev–Trinajstić information content (AvgIpc) is 2.92. The summed E-state index contributed by atoms with van der Waals surface area (Å²) in [6.45, 7) is 2.83. The molecule has 0 bridgehead atoms. The first-order chi connectivity index (χ1) is 19.3. The smallest absolute Gasteiger partial charge is 0.348 e. The number of nitrogens with zero attached hydrogens (tertiary/aromatic N) is 2. The van der Waals surface area contributed by atoms with E-state index in [-0.39, 0.29) is 56.5 Å². The van der Waals surface area contributed by atoms with Gasteiger partial charge in [0.2, 0.25) is 0 Å². The lowest BCUT2D eigenvalue weighted by atomic mass is 9.99. The van der Waals surface area contributed by atoms with Gasteiger partial charge in [0.25, 0.3) is 5.91 Å². The first kappa shape index (κ1) is 32.8. The number of carbonyl (C=O) groups is 1. The summed E-state index contributed by atoms with van der Waals surface area (Å²) in [7, 11) is -3.63. The van der Waals surface area contributed by atoms with Crippen molar-refractivity contribution in [2.24, 2.45) is 0 Å². The van der Waals surface area contributed by atoms with Gasteiger partial charge in [-0.1, -0.05) is 42.0 Å². The second kappa shape index (κ2) is 14.0. The van der Waals surface area contributed by atoms with Gasteiger partial charge in [-0.3, -0.25) is 14.6 Å². The van der Waals surface area contributed by atoms with Crippen LogP contribution in [0.2, 0.25) is 10.0 Å². The van der Waals surface area contributed by atoms with Crippen LogP contribution in [-0.2, 0) is 29.1 Å². The molecule has 0 radical (unpaired) electrons. The third-order valence-electron chi connectivity index (χ3n) is 6.91. The zero-order valence-corrected chi connectivity index (χ0v) is 24.7. The van der Waals surface area contributed by atoms with E-state index >= 15 is 0 Å². The summed E-state index contributed by atoms with van der Waals surface area (Å²) >= 11 is 12.4. The molecule has 0 aromatic heterocycles. The van der Waals surface area contributed by atoms with E-state index < -0.39 is 27.5 Å². The fourth-order valence-corrected chi connectivity index (χ4v) is 6.44. The molecule has 1 saturated heterocycles. The number of hydrogen-bond donors (Lipinski definition) is 1. The Bertz CT molecular complexity index is 1450. The summed E-state index contributed by atoms with van der Waals surface area (Å²) < 4.78 is 67.5. The van der Waals surface area contributed by atoms with E-state index in [4.69, 9.17) is 36.0 Å². The van der Waals surface area contributed by atoms with Gasteiger partial charge in [-0.25, -0.2) is 8.42 Å². The number of halogens is 5. The molecule has 1 aliphatic rings. The fraction of sp³-hybridized carbons (Fsp3) is 0.414. The molecule has 220 valence electrons. The second-order valence-electron chi connectivity index (χ2n) is 9.66. The molecule has 6 nitrogen and oxygen atoms in total. The lowest BCUT2D eigenvalue weighted by Gasteiger charge is -2.38. The van der Waals surface area contributed by atoms with Crippen LogP contribution in [0.5, 0.6) is 0 Å². The van der Waals surface area contributed by atoms with E-state index in [0.717, 1.165) is 18.9 Å². The first-order valence-corrected chi connectivity index (χ1v) is 15.2. The molecule has 1 fully saturated rings. The molecule has 2 aromatic carbocycles. The Morgan fingerprint density at radius 1 is 1.17 bits per heavy atom. The van der Waals surface area contributed by atoms with Gasteiger partial charge < -0.3 is 5.32 Å². The van der Waals surface area contributed by atoms with Gasteiger partial charge >= 0.3 is 6.18 Å². The number of carbonyl (C=O) groups excluding carboxylic acids is 1. The Balaban J connectivity index is 1.85. The predicted octanol–water partition coefficient (Wildman–Crippen LogP) is 5.27. The molecule has 0 saturated carbocycles. The van der Waals surface area contributed by atoms with Crippen LogP contribution in [0.4, 0.5) is 13.2 Å². The number of sulfone groups is 1. The number of terminal acetylenes is 2. The maximum absolute atomic E-state index is 14.2.